The van der Waals surface area contributed by atoms with Crippen LogP contribution in [0.3, 0.4) is 0 Å². The molecule has 0 saturated heterocycles. The summed E-state index contributed by atoms with van der Waals surface area (Å²) >= 11 is 5.80. The lowest BCUT2D eigenvalue weighted by atomic mass is 9.97. The third-order valence-electron chi connectivity index (χ3n) is 2.03. The molecule has 0 fully saturated rings. The summed E-state index contributed by atoms with van der Waals surface area (Å²) in [6.07, 6.45) is 0.322. The van der Waals surface area contributed by atoms with Crippen molar-refractivity contribution >= 4 is 11.6 Å². The molecular formula is C10H13ClFNO. The second kappa shape index (κ2) is 4.26. The van der Waals surface area contributed by atoms with E-state index in [9.17, 15) is 9.50 Å². The van der Waals surface area contributed by atoms with E-state index in [1.165, 1.54) is 12.1 Å². The number of hydrogen-bond acceptors (Lipinski definition) is 2. The van der Waals surface area contributed by atoms with Gasteiger partial charge in [0, 0.05) is 18.0 Å². The molecule has 14 heavy (non-hydrogen) atoms. The third-order valence-corrected chi connectivity index (χ3v) is 2.38. The summed E-state index contributed by atoms with van der Waals surface area (Å²) in [6.45, 7) is 1.76. The van der Waals surface area contributed by atoms with Gasteiger partial charge >= 0.3 is 0 Å². The van der Waals surface area contributed by atoms with Gasteiger partial charge in [0.1, 0.15) is 5.82 Å². The van der Waals surface area contributed by atoms with E-state index in [2.05, 4.69) is 0 Å². The van der Waals surface area contributed by atoms with Gasteiger partial charge in [0.25, 0.3) is 0 Å². The Bertz CT molecular complexity index is 328. The Balaban J connectivity index is 2.87. The number of aliphatic hydroxyl groups is 1. The van der Waals surface area contributed by atoms with Crippen molar-refractivity contribution in [1.29, 1.82) is 0 Å². The monoisotopic (exact) mass is 217 g/mol. The van der Waals surface area contributed by atoms with Crippen LogP contribution in [0.25, 0.3) is 0 Å². The van der Waals surface area contributed by atoms with Gasteiger partial charge in [0.15, 0.2) is 0 Å². The highest BCUT2D eigenvalue weighted by Crippen LogP contribution is 2.21. The van der Waals surface area contributed by atoms with Gasteiger partial charge in [-0.15, -0.1) is 0 Å². The molecule has 3 N–H and O–H groups in total. The Morgan fingerprint density at radius 1 is 1.57 bits per heavy atom. The molecule has 0 aliphatic rings. The molecule has 0 saturated carbocycles. The van der Waals surface area contributed by atoms with Gasteiger partial charge in [0.05, 0.1) is 5.60 Å². The molecular weight excluding hydrogens is 205 g/mol. The molecule has 1 atom stereocenters. The highest BCUT2D eigenvalue weighted by molar-refractivity contribution is 6.31. The van der Waals surface area contributed by atoms with E-state index >= 15 is 0 Å². The highest BCUT2D eigenvalue weighted by Gasteiger charge is 2.20. The van der Waals surface area contributed by atoms with E-state index in [0.717, 1.165) is 0 Å². The van der Waals surface area contributed by atoms with Gasteiger partial charge in [-0.25, -0.2) is 4.39 Å². The lowest BCUT2D eigenvalue weighted by Gasteiger charge is -2.21. The molecule has 1 rings (SSSR count). The molecule has 0 heterocycles. The lowest BCUT2D eigenvalue weighted by molar-refractivity contribution is 0.0696. The van der Waals surface area contributed by atoms with Gasteiger partial charge in [-0.2, -0.15) is 0 Å². The molecule has 0 aliphatic heterocycles. The fourth-order valence-corrected chi connectivity index (χ4v) is 1.38. The maximum absolute atomic E-state index is 12.7. The van der Waals surface area contributed by atoms with Crippen molar-refractivity contribution in [3.05, 3.63) is 34.6 Å². The zero-order chi connectivity index (χ0) is 10.8. The SMILES string of the molecule is CC(O)(CN)Cc1ccc(F)cc1Cl. The molecule has 1 aromatic rings. The van der Waals surface area contributed by atoms with Crippen LogP contribution in [0.4, 0.5) is 4.39 Å². The van der Waals surface area contributed by atoms with E-state index in [1.54, 1.807) is 13.0 Å². The Labute approximate surface area is 87.5 Å². The number of hydrogen-bond donors (Lipinski definition) is 2. The predicted molar refractivity (Wildman–Crippen MR) is 54.8 cm³/mol. The van der Waals surface area contributed by atoms with Gasteiger partial charge in [-0.05, 0) is 24.6 Å². The quantitative estimate of drug-likeness (QED) is 0.810. The minimum atomic E-state index is -0.999. The number of nitrogens with two attached hydrogens (primary N) is 1. The maximum Gasteiger partial charge on any atom is 0.124 e. The lowest BCUT2D eigenvalue weighted by Crippen LogP contribution is -2.36. The van der Waals surface area contributed by atoms with E-state index in [0.29, 0.717) is 17.0 Å². The Morgan fingerprint density at radius 3 is 2.71 bits per heavy atom. The Kier molecular flexibility index (Phi) is 3.48. The van der Waals surface area contributed by atoms with Crippen molar-refractivity contribution in [2.24, 2.45) is 5.73 Å². The first kappa shape index (κ1) is 11.4. The minimum absolute atomic E-state index is 0.140. The summed E-state index contributed by atoms with van der Waals surface area (Å²) in [5, 5.41) is 10.0. The van der Waals surface area contributed by atoms with Gasteiger partial charge in [-0.1, -0.05) is 17.7 Å². The average Bonchev–Trinajstić information content (AvgIpc) is 2.10. The van der Waals surface area contributed by atoms with Crippen LogP contribution < -0.4 is 5.73 Å². The van der Waals surface area contributed by atoms with Crippen molar-refractivity contribution in [3.8, 4) is 0 Å². The van der Waals surface area contributed by atoms with Gasteiger partial charge in [-0.3, -0.25) is 0 Å². The largest absolute Gasteiger partial charge is 0.389 e. The summed E-state index contributed by atoms with van der Waals surface area (Å²) in [5.41, 5.74) is 5.07. The third kappa shape index (κ3) is 2.94. The summed E-state index contributed by atoms with van der Waals surface area (Å²) in [4.78, 5) is 0. The molecule has 0 amide bonds. The molecule has 0 radical (unpaired) electrons. The first-order valence-electron chi connectivity index (χ1n) is 4.31. The predicted octanol–water partition coefficient (Wildman–Crippen LogP) is 1.73. The molecule has 78 valence electrons. The zero-order valence-corrected chi connectivity index (χ0v) is 8.68. The summed E-state index contributed by atoms with van der Waals surface area (Å²) in [6, 6.07) is 4.10. The molecule has 1 unspecified atom stereocenters. The van der Waals surface area contributed by atoms with Crippen LogP contribution in [0.5, 0.6) is 0 Å². The Morgan fingerprint density at radius 2 is 2.21 bits per heavy atom. The van der Waals surface area contributed by atoms with Crippen LogP contribution in [0.2, 0.25) is 5.02 Å². The van der Waals surface area contributed by atoms with Crippen molar-refractivity contribution in [2.75, 3.05) is 6.54 Å². The summed E-state index contributed by atoms with van der Waals surface area (Å²) in [5.74, 6) is -0.383. The number of halogens is 2. The molecule has 1 aromatic carbocycles. The average molecular weight is 218 g/mol. The fourth-order valence-electron chi connectivity index (χ4n) is 1.15. The van der Waals surface area contributed by atoms with Crippen molar-refractivity contribution in [3.63, 3.8) is 0 Å². The van der Waals surface area contributed by atoms with Crippen molar-refractivity contribution in [1.82, 2.24) is 0 Å². The standard InChI is InChI=1S/C10H13ClFNO/c1-10(14,6-13)5-7-2-3-8(12)4-9(7)11/h2-4,14H,5-6,13H2,1H3. The number of benzene rings is 1. The van der Waals surface area contributed by atoms with Crippen molar-refractivity contribution in [2.45, 2.75) is 18.9 Å². The minimum Gasteiger partial charge on any atom is -0.389 e. The summed E-state index contributed by atoms with van der Waals surface area (Å²) in [7, 11) is 0. The molecule has 2 nitrogen and oxygen atoms in total. The first-order chi connectivity index (χ1) is 6.44. The normalized spacial score (nSPS) is 15.2. The van der Waals surface area contributed by atoms with E-state index in [1.807, 2.05) is 0 Å². The second-order valence-corrected chi connectivity index (χ2v) is 4.02. The van der Waals surface area contributed by atoms with E-state index in [4.69, 9.17) is 17.3 Å². The van der Waals surface area contributed by atoms with E-state index in [-0.39, 0.29) is 12.4 Å². The molecule has 4 heteroatoms. The van der Waals surface area contributed by atoms with Crippen LogP contribution in [0.15, 0.2) is 18.2 Å². The number of rotatable bonds is 3. The summed E-state index contributed by atoms with van der Waals surface area (Å²) < 4.78 is 12.7. The smallest absolute Gasteiger partial charge is 0.124 e. The Hall–Kier alpha value is -0.640. The molecule has 0 bridgehead atoms. The van der Waals surface area contributed by atoms with Crippen LogP contribution in [0, 0.1) is 5.82 Å². The van der Waals surface area contributed by atoms with Gasteiger partial charge < -0.3 is 10.8 Å². The molecule has 0 spiro atoms. The van der Waals surface area contributed by atoms with Gasteiger partial charge in [0.2, 0.25) is 0 Å². The maximum atomic E-state index is 12.7. The first-order valence-corrected chi connectivity index (χ1v) is 4.69. The highest BCUT2D eigenvalue weighted by atomic mass is 35.5. The fraction of sp³-hybridized carbons (Fsp3) is 0.400. The molecule has 0 aromatic heterocycles. The van der Waals surface area contributed by atoms with Crippen LogP contribution >= 0.6 is 11.6 Å². The topological polar surface area (TPSA) is 46.2 Å². The van der Waals surface area contributed by atoms with Crippen LogP contribution in [0.1, 0.15) is 12.5 Å². The van der Waals surface area contributed by atoms with E-state index < -0.39 is 5.60 Å². The van der Waals surface area contributed by atoms with Crippen LogP contribution in [-0.4, -0.2) is 17.3 Å². The molecule has 0 aliphatic carbocycles. The second-order valence-electron chi connectivity index (χ2n) is 3.61. The van der Waals surface area contributed by atoms with Crippen molar-refractivity contribution < 1.29 is 9.50 Å². The van der Waals surface area contributed by atoms with Crippen LogP contribution in [-0.2, 0) is 6.42 Å². The zero-order valence-electron chi connectivity index (χ0n) is 7.93.